The highest BCUT2D eigenvalue weighted by atomic mass is 17.2. The Kier molecular flexibility index (Phi) is 6.33. The predicted molar refractivity (Wildman–Crippen MR) is 99.4 cm³/mol. The number of carboxylic acid groups (broad SMARTS) is 2. The molecule has 2 N–H and O–H groups in total. The molecular weight excluding hydrogens is 364 g/mol. The van der Waals surface area contributed by atoms with Gasteiger partial charge in [0.05, 0.1) is 0 Å². The number of aryl methyl sites for hydroxylation is 1. The second kappa shape index (κ2) is 8.49. The van der Waals surface area contributed by atoms with E-state index in [1.807, 2.05) is 0 Å². The summed E-state index contributed by atoms with van der Waals surface area (Å²) in [7, 11) is 0. The Morgan fingerprint density at radius 3 is 2.07 bits per heavy atom. The van der Waals surface area contributed by atoms with Crippen LogP contribution in [0, 0.1) is 6.92 Å². The number of rotatable bonds is 8. The lowest BCUT2D eigenvalue weighted by atomic mass is 9.99. The van der Waals surface area contributed by atoms with Gasteiger partial charge in [-0.3, -0.25) is 4.79 Å². The zero-order valence-electron chi connectivity index (χ0n) is 15.6. The number of ketones is 1. The molecule has 28 heavy (non-hydrogen) atoms. The first kappa shape index (κ1) is 20.9. The highest BCUT2D eigenvalue weighted by molar-refractivity contribution is 6.26. The molecule has 0 aliphatic heterocycles. The van der Waals surface area contributed by atoms with Crippen molar-refractivity contribution in [3.63, 3.8) is 0 Å². The molecule has 7 heteroatoms. The molecule has 146 valence electrons. The number of hydrogen-bond acceptors (Lipinski definition) is 5. The summed E-state index contributed by atoms with van der Waals surface area (Å²) < 4.78 is 0. The van der Waals surface area contributed by atoms with Gasteiger partial charge in [-0.05, 0) is 32.4 Å². The summed E-state index contributed by atoms with van der Waals surface area (Å²) in [5, 5.41) is 18.9. The lowest BCUT2D eigenvalue weighted by Crippen LogP contribution is -2.26. The quantitative estimate of drug-likeness (QED) is 0.136. The van der Waals surface area contributed by atoms with Crippen LogP contribution in [0.4, 0.5) is 0 Å². The minimum absolute atomic E-state index is 0.0297. The zero-order chi connectivity index (χ0) is 20.9. The van der Waals surface area contributed by atoms with Gasteiger partial charge < -0.3 is 15.1 Å². The Hall–Kier alpha value is -3.45. The minimum atomic E-state index is -1.73. The van der Waals surface area contributed by atoms with E-state index in [0.29, 0.717) is 5.56 Å². The van der Waals surface area contributed by atoms with Crippen LogP contribution in [0.15, 0.2) is 65.9 Å². The van der Waals surface area contributed by atoms with E-state index in [2.05, 4.69) is 0 Å². The van der Waals surface area contributed by atoms with E-state index in [0.717, 1.165) is 5.56 Å². The summed E-state index contributed by atoms with van der Waals surface area (Å²) in [5.74, 6) is -5.55. The number of carbonyl (C=O) groups excluding carboxylic acids is 1. The molecule has 0 bridgehead atoms. The first-order valence-corrected chi connectivity index (χ1v) is 8.37. The van der Waals surface area contributed by atoms with E-state index >= 15 is 0 Å². The first-order valence-electron chi connectivity index (χ1n) is 8.37. The number of carboxylic acids is 2. The van der Waals surface area contributed by atoms with Gasteiger partial charge in [0.1, 0.15) is 5.60 Å². The molecule has 0 radical (unpaired) electrons. The van der Waals surface area contributed by atoms with Crippen LogP contribution >= 0.6 is 0 Å². The molecule has 2 rings (SSSR count). The third-order valence-corrected chi connectivity index (χ3v) is 3.94. The van der Waals surface area contributed by atoms with Gasteiger partial charge in [-0.15, -0.1) is 0 Å². The van der Waals surface area contributed by atoms with Crippen LogP contribution in [0.3, 0.4) is 0 Å². The standard InChI is InChI=1S/C21H20O7/c1-13-8-7-9-14(12-13)17(22)16(19(23)24)18(20(25)26)27-28-21(2,3)15-10-5-4-6-11-15/h4-12H,1-3H3,(H,23,24)(H,25,26)/b18-16-. The van der Waals surface area contributed by atoms with Gasteiger partial charge >= 0.3 is 11.9 Å². The fourth-order valence-corrected chi connectivity index (χ4v) is 2.45. The maximum atomic E-state index is 12.6. The molecule has 7 nitrogen and oxygen atoms in total. The molecule has 0 atom stereocenters. The number of hydrogen-bond donors (Lipinski definition) is 2. The number of Topliss-reactive ketones (excluding diaryl/α,β-unsaturated/α-hetero) is 1. The van der Waals surface area contributed by atoms with Crippen LogP contribution in [-0.4, -0.2) is 27.9 Å². The largest absolute Gasteiger partial charge is 0.477 e. The Balaban J connectivity index is 2.41. The normalized spacial score (nSPS) is 12.1. The average Bonchev–Trinajstić information content (AvgIpc) is 2.64. The Morgan fingerprint density at radius 1 is 0.893 bits per heavy atom. The van der Waals surface area contributed by atoms with E-state index in [9.17, 15) is 24.6 Å². The van der Waals surface area contributed by atoms with Crippen molar-refractivity contribution in [1.29, 1.82) is 0 Å². The maximum Gasteiger partial charge on any atom is 0.376 e. The molecule has 0 aliphatic rings. The molecule has 0 saturated heterocycles. The highest BCUT2D eigenvalue weighted by Crippen LogP contribution is 2.27. The number of aliphatic carboxylic acids is 2. The average molecular weight is 384 g/mol. The van der Waals surface area contributed by atoms with E-state index < -0.39 is 34.7 Å². The van der Waals surface area contributed by atoms with E-state index in [1.54, 1.807) is 63.2 Å². The molecule has 0 heterocycles. The van der Waals surface area contributed by atoms with Crippen LogP contribution in [0.1, 0.15) is 35.3 Å². The molecule has 0 fully saturated rings. The van der Waals surface area contributed by atoms with Gasteiger partial charge in [0.15, 0.2) is 5.57 Å². The van der Waals surface area contributed by atoms with Gasteiger partial charge in [-0.2, -0.15) is 4.89 Å². The van der Waals surface area contributed by atoms with Crippen molar-refractivity contribution in [3.8, 4) is 0 Å². The van der Waals surface area contributed by atoms with Crippen molar-refractivity contribution in [2.24, 2.45) is 0 Å². The van der Waals surface area contributed by atoms with Crippen LogP contribution in [0.2, 0.25) is 0 Å². The molecule has 2 aromatic rings. The number of carbonyl (C=O) groups is 3. The monoisotopic (exact) mass is 384 g/mol. The summed E-state index contributed by atoms with van der Waals surface area (Å²) in [5.41, 5.74) is -0.710. The fraction of sp³-hybridized carbons (Fsp3) is 0.190. The molecule has 0 amide bonds. The van der Waals surface area contributed by atoms with Crippen LogP contribution in [0.5, 0.6) is 0 Å². The van der Waals surface area contributed by atoms with Crippen LogP contribution < -0.4 is 0 Å². The van der Waals surface area contributed by atoms with Crippen LogP contribution in [-0.2, 0) is 25.0 Å². The predicted octanol–water partition coefficient (Wildman–Crippen LogP) is 3.48. The van der Waals surface area contributed by atoms with E-state index in [4.69, 9.17) is 9.78 Å². The Labute approximate surface area is 161 Å². The molecule has 0 saturated carbocycles. The number of benzene rings is 2. The molecular formula is C21H20O7. The third kappa shape index (κ3) is 4.83. The zero-order valence-corrected chi connectivity index (χ0v) is 15.6. The first-order chi connectivity index (χ1) is 13.1. The molecule has 0 aromatic heterocycles. The summed E-state index contributed by atoms with van der Waals surface area (Å²) in [6.45, 7) is 4.95. The van der Waals surface area contributed by atoms with Crippen molar-refractivity contribution >= 4 is 17.7 Å². The summed E-state index contributed by atoms with van der Waals surface area (Å²) in [6, 6.07) is 14.9. The summed E-state index contributed by atoms with van der Waals surface area (Å²) in [6.07, 6.45) is 0. The van der Waals surface area contributed by atoms with Crippen molar-refractivity contribution < 1.29 is 34.4 Å². The van der Waals surface area contributed by atoms with Gasteiger partial charge in [0, 0.05) is 5.56 Å². The van der Waals surface area contributed by atoms with Crippen LogP contribution in [0.25, 0.3) is 0 Å². The van der Waals surface area contributed by atoms with Crippen molar-refractivity contribution in [3.05, 3.63) is 82.6 Å². The van der Waals surface area contributed by atoms with E-state index in [1.165, 1.54) is 12.1 Å². The summed E-state index contributed by atoms with van der Waals surface area (Å²) >= 11 is 0. The molecule has 2 aromatic carbocycles. The maximum absolute atomic E-state index is 12.6. The van der Waals surface area contributed by atoms with Crippen molar-refractivity contribution in [2.75, 3.05) is 0 Å². The SMILES string of the molecule is Cc1cccc(C(=O)/C(C(=O)O)=C(/OOC(C)(C)c2ccccc2)C(=O)O)c1. The Morgan fingerprint density at radius 2 is 1.54 bits per heavy atom. The molecule has 0 unspecified atom stereocenters. The lowest BCUT2D eigenvalue weighted by molar-refractivity contribution is -0.331. The smallest absolute Gasteiger partial charge is 0.376 e. The lowest BCUT2D eigenvalue weighted by Gasteiger charge is -2.24. The second-order valence-corrected chi connectivity index (χ2v) is 6.56. The Bertz CT molecular complexity index is 927. The summed E-state index contributed by atoms with van der Waals surface area (Å²) in [4.78, 5) is 46.0. The fourth-order valence-electron chi connectivity index (χ4n) is 2.45. The highest BCUT2D eigenvalue weighted by Gasteiger charge is 2.33. The van der Waals surface area contributed by atoms with Gasteiger partial charge in [0.2, 0.25) is 5.78 Å². The third-order valence-electron chi connectivity index (χ3n) is 3.94. The molecule has 0 spiro atoms. The second-order valence-electron chi connectivity index (χ2n) is 6.56. The topological polar surface area (TPSA) is 110 Å². The van der Waals surface area contributed by atoms with E-state index in [-0.39, 0.29) is 5.56 Å². The van der Waals surface area contributed by atoms with Crippen molar-refractivity contribution in [1.82, 2.24) is 0 Å². The van der Waals surface area contributed by atoms with Gasteiger partial charge in [-0.1, -0.05) is 54.1 Å². The van der Waals surface area contributed by atoms with Gasteiger partial charge in [-0.25, -0.2) is 9.59 Å². The van der Waals surface area contributed by atoms with Gasteiger partial charge in [0.25, 0.3) is 5.76 Å². The molecule has 0 aliphatic carbocycles. The van der Waals surface area contributed by atoms with Crippen molar-refractivity contribution in [2.45, 2.75) is 26.4 Å². The minimum Gasteiger partial charge on any atom is -0.477 e.